The van der Waals surface area contributed by atoms with E-state index in [2.05, 4.69) is 0 Å². The molecule has 0 bridgehead atoms. The molecule has 3 aromatic rings. The van der Waals surface area contributed by atoms with Crippen molar-refractivity contribution in [3.05, 3.63) is 77.4 Å². The van der Waals surface area contributed by atoms with Crippen molar-refractivity contribution in [3.8, 4) is 16.9 Å². The van der Waals surface area contributed by atoms with Crippen LogP contribution in [0.15, 0.2) is 70.5 Å². The first-order valence-electron chi connectivity index (χ1n) is 8.85. The lowest BCUT2D eigenvalue weighted by molar-refractivity contribution is 0.281. The second-order valence-electron chi connectivity index (χ2n) is 6.79. The van der Waals surface area contributed by atoms with Gasteiger partial charge in [0.25, 0.3) is 10.1 Å². The van der Waals surface area contributed by atoms with Crippen molar-refractivity contribution in [2.75, 3.05) is 0 Å². The minimum absolute atomic E-state index is 0.0446. The van der Waals surface area contributed by atoms with Crippen LogP contribution in [0.25, 0.3) is 11.1 Å². The monoisotopic (exact) mass is 448 g/mol. The zero-order valence-corrected chi connectivity index (χ0v) is 17.9. The van der Waals surface area contributed by atoms with Crippen LogP contribution in [-0.4, -0.2) is 26.5 Å². The van der Waals surface area contributed by atoms with Gasteiger partial charge in [-0.1, -0.05) is 35.9 Å². The van der Waals surface area contributed by atoms with E-state index in [0.717, 1.165) is 5.56 Å². The van der Waals surface area contributed by atoms with Crippen molar-refractivity contribution in [2.45, 2.75) is 30.2 Å². The van der Waals surface area contributed by atoms with Crippen LogP contribution in [0.1, 0.15) is 16.7 Å². The molecule has 0 unspecified atom stereocenters. The molecule has 0 saturated heterocycles. The van der Waals surface area contributed by atoms with Crippen LogP contribution in [0.2, 0.25) is 0 Å². The van der Waals surface area contributed by atoms with E-state index in [-0.39, 0.29) is 22.1 Å². The maximum absolute atomic E-state index is 12.8. The Balaban J connectivity index is 2.16. The Labute approximate surface area is 175 Å². The number of hydrogen-bond donors (Lipinski definition) is 2. The van der Waals surface area contributed by atoms with E-state index in [1.807, 2.05) is 6.92 Å². The van der Waals surface area contributed by atoms with Crippen molar-refractivity contribution in [1.29, 1.82) is 0 Å². The predicted octanol–water partition coefficient (Wildman–Crippen LogP) is 3.48. The lowest BCUT2D eigenvalue weighted by Gasteiger charge is -2.15. The van der Waals surface area contributed by atoms with Gasteiger partial charge in [0.05, 0.1) is 11.5 Å². The summed E-state index contributed by atoms with van der Waals surface area (Å²) >= 11 is 0. The average Bonchev–Trinajstić information content (AvgIpc) is 2.67. The minimum Gasteiger partial charge on any atom is -0.392 e. The Morgan fingerprint density at radius 3 is 2.03 bits per heavy atom. The van der Waals surface area contributed by atoms with Gasteiger partial charge in [-0.05, 0) is 60.9 Å². The molecule has 9 heteroatoms. The molecular weight excluding hydrogens is 428 g/mol. The molecule has 0 aliphatic rings. The van der Waals surface area contributed by atoms with E-state index in [0.29, 0.717) is 22.3 Å². The number of aryl methyl sites for hydroxylation is 2. The quantitative estimate of drug-likeness (QED) is 0.438. The molecule has 0 radical (unpaired) electrons. The molecule has 0 aliphatic heterocycles. The Morgan fingerprint density at radius 2 is 1.43 bits per heavy atom. The molecule has 2 N–H and O–H groups in total. The molecule has 3 rings (SSSR count). The lowest BCUT2D eigenvalue weighted by Crippen LogP contribution is -2.11. The summed E-state index contributed by atoms with van der Waals surface area (Å²) in [7, 11) is -8.64. The van der Waals surface area contributed by atoms with Gasteiger partial charge in [-0.3, -0.25) is 4.55 Å². The number of aliphatic hydroxyl groups is 1. The second kappa shape index (κ2) is 8.19. The highest BCUT2D eigenvalue weighted by molar-refractivity contribution is 7.87. The van der Waals surface area contributed by atoms with Gasteiger partial charge in [-0.2, -0.15) is 16.8 Å². The van der Waals surface area contributed by atoms with Crippen molar-refractivity contribution >= 4 is 20.2 Å². The van der Waals surface area contributed by atoms with Crippen LogP contribution in [0.5, 0.6) is 5.75 Å². The fourth-order valence-corrected chi connectivity index (χ4v) is 4.33. The fraction of sp³-hybridized carbons (Fsp3) is 0.143. The van der Waals surface area contributed by atoms with E-state index in [4.69, 9.17) is 4.18 Å². The molecule has 0 atom stereocenters. The van der Waals surface area contributed by atoms with Crippen molar-refractivity contribution < 1.29 is 30.7 Å². The SMILES string of the molecule is Cc1ccc(S(=O)(=O)Oc2cc(CO)ccc2-c2cc(S(=O)(=O)O)ccc2C)cc1. The fourth-order valence-electron chi connectivity index (χ4n) is 2.88. The molecule has 0 aliphatic carbocycles. The number of hydrogen-bond acceptors (Lipinski definition) is 6. The summed E-state index contributed by atoms with van der Waals surface area (Å²) in [6, 6.07) is 14.6. The highest BCUT2D eigenvalue weighted by atomic mass is 32.2. The summed E-state index contributed by atoms with van der Waals surface area (Å²) in [6.07, 6.45) is 0. The molecule has 3 aromatic carbocycles. The minimum atomic E-state index is -4.46. The smallest absolute Gasteiger partial charge is 0.339 e. The van der Waals surface area contributed by atoms with Crippen LogP contribution >= 0.6 is 0 Å². The van der Waals surface area contributed by atoms with Gasteiger partial charge in [-0.15, -0.1) is 0 Å². The van der Waals surface area contributed by atoms with Gasteiger partial charge in [0, 0.05) is 5.56 Å². The van der Waals surface area contributed by atoms with Crippen molar-refractivity contribution in [2.24, 2.45) is 0 Å². The van der Waals surface area contributed by atoms with Crippen LogP contribution in [-0.2, 0) is 26.8 Å². The highest BCUT2D eigenvalue weighted by Gasteiger charge is 2.21. The maximum Gasteiger partial charge on any atom is 0.339 e. The maximum atomic E-state index is 12.8. The number of rotatable bonds is 6. The standard InChI is InChI=1S/C21H20O7S2/c1-14-3-7-17(8-4-14)30(26,27)28-21-11-16(13-22)6-10-19(21)20-12-18(29(23,24)25)9-5-15(20)2/h3-12,22H,13H2,1-2H3,(H,23,24,25). The second-order valence-corrected chi connectivity index (χ2v) is 9.76. The molecular formula is C21H20O7S2. The largest absolute Gasteiger partial charge is 0.392 e. The molecule has 0 fully saturated rings. The topological polar surface area (TPSA) is 118 Å². The first kappa shape index (κ1) is 22.0. The Bertz CT molecular complexity index is 1290. The molecule has 0 heterocycles. The van der Waals surface area contributed by atoms with Crippen LogP contribution in [0.3, 0.4) is 0 Å². The summed E-state index contributed by atoms with van der Waals surface area (Å²) < 4.78 is 63.4. The van der Waals surface area contributed by atoms with Crippen molar-refractivity contribution in [1.82, 2.24) is 0 Å². The zero-order chi connectivity index (χ0) is 22.1. The van der Waals surface area contributed by atoms with Crippen LogP contribution in [0, 0.1) is 13.8 Å². The Kier molecular flexibility index (Phi) is 6.00. The van der Waals surface area contributed by atoms with Gasteiger partial charge >= 0.3 is 10.1 Å². The molecule has 158 valence electrons. The Hall–Kier alpha value is -2.72. The van der Waals surface area contributed by atoms with Gasteiger partial charge < -0.3 is 9.29 Å². The number of aliphatic hydroxyl groups excluding tert-OH is 1. The first-order chi connectivity index (χ1) is 14.0. The van der Waals surface area contributed by atoms with Gasteiger partial charge in [0.2, 0.25) is 0 Å². The average molecular weight is 449 g/mol. The molecule has 0 spiro atoms. The molecule has 0 saturated carbocycles. The first-order valence-corrected chi connectivity index (χ1v) is 11.7. The number of benzene rings is 3. The molecule has 7 nitrogen and oxygen atoms in total. The van der Waals surface area contributed by atoms with E-state index < -0.39 is 20.2 Å². The van der Waals surface area contributed by atoms with Crippen molar-refractivity contribution in [3.63, 3.8) is 0 Å². The van der Waals surface area contributed by atoms with Crippen LogP contribution < -0.4 is 4.18 Å². The summed E-state index contributed by atoms with van der Waals surface area (Å²) in [5, 5.41) is 9.46. The third-order valence-corrected chi connectivity index (χ3v) is 6.63. The summed E-state index contributed by atoms with van der Waals surface area (Å²) in [5.41, 5.74) is 2.59. The Morgan fingerprint density at radius 1 is 0.800 bits per heavy atom. The third kappa shape index (κ3) is 4.71. The third-order valence-electron chi connectivity index (χ3n) is 4.53. The highest BCUT2D eigenvalue weighted by Crippen LogP contribution is 2.36. The normalized spacial score (nSPS) is 12.0. The van der Waals surface area contributed by atoms with Gasteiger partial charge in [-0.25, -0.2) is 0 Å². The van der Waals surface area contributed by atoms with E-state index in [9.17, 15) is 26.5 Å². The van der Waals surface area contributed by atoms with E-state index in [1.165, 1.54) is 42.5 Å². The molecule has 0 amide bonds. The molecule has 0 aromatic heterocycles. The molecule has 30 heavy (non-hydrogen) atoms. The zero-order valence-electron chi connectivity index (χ0n) is 16.2. The van der Waals surface area contributed by atoms with Crippen LogP contribution in [0.4, 0.5) is 0 Å². The van der Waals surface area contributed by atoms with Gasteiger partial charge in [0.15, 0.2) is 5.75 Å². The summed E-state index contributed by atoms with van der Waals surface area (Å²) in [4.78, 5) is -0.376. The lowest BCUT2D eigenvalue weighted by atomic mass is 9.98. The van der Waals surface area contributed by atoms with E-state index >= 15 is 0 Å². The summed E-state index contributed by atoms with van der Waals surface area (Å²) in [6.45, 7) is 3.19. The van der Waals surface area contributed by atoms with E-state index in [1.54, 1.807) is 25.1 Å². The predicted molar refractivity (Wildman–Crippen MR) is 111 cm³/mol. The van der Waals surface area contributed by atoms with Gasteiger partial charge in [0.1, 0.15) is 4.90 Å². The summed E-state index contributed by atoms with van der Waals surface area (Å²) in [5.74, 6) is -0.0716.